The maximum Gasteiger partial charge on any atom is 0.268 e. The van der Waals surface area contributed by atoms with Crippen LogP contribution in [0.25, 0.3) is 0 Å². The van der Waals surface area contributed by atoms with E-state index in [1.165, 1.54) is 22.2 Å². The lowest BCUT2D eigenvalue weighted by molar-refractivity contribution is 0.0867. The number of aromatic nitrogens is 2. The van der Waals surface area contributed by atoms with Crippen LogP contribution in [0.15, 0.2) is 42.6 Å². The Morgan fingerprint density at radius 1 is 1.19 bits per heavy atom. The molecule has 2 aliphatic heterocycles. The maximum atomic E-state index is 13.2. The molecule has 0 saturated carbocycles. The first-order valence-electron chi connectivity index (χ1n) is 9.92. The van der Waals surface area contributed by atoms with Gasteiger partial charge in [-0.05, 0) is 55.3 Å². The number of benzene rings is 2. The molecule has 31 heavy (non-hydrogen) atoms. The minimum Gasteiger partial charge on any atom is -0.453 e. The van der Waals surface area contributed by atoms with Crippen LogP contribution in [0.2, 0.25) is 10.0 Å². The van der Waals surface area contributed by atoms with Crippen LogP contribution in [0.3, 0.4) is 0 Å². The number of carbonyl (C=O) groups is 1. The predicted octanol–water partition coefficient (Wildman–Crippen LogP) is 4.56. The normalized spacial score (nSPS) is 17.6. The second kappa shape index (κ2) is 8.00. The summed E-state index contributed by atoms with van der Waals surface area (Å²) in [5.74, 6) is 0.246. The van der Waals surface area contributed by atoms with Gasteiger partial charge in [0.05, 0.1) is 15.7 Å². The van der Waals surface area contributed by atoms with Crippen molar-refractivity contribution in [2.75, 3.05) is 16.8 Å². The average molecular weight is 456 g/mol. The fourth-order valence-corrected chi connectivity index (χ4v) is 4.44. The van der Waals surface area contributed by atoms with Gasteiger partial charge < -0.3 is 15.4 Å². The molecule has 1 unspecified atom stereocenters. The molecule has 2 aromatic carbocycles. The Kier molecular flexibility index (Phi) is 5.17. The number of rotatable bonds is 3. The molecule has 5 rings (SSSR count). The summed E-state index contributed by atoms with van der Waals surface area (Å²) < 4.78 is 5.93. The first-order chi connectivity index (χ1) is 15.0. The Labute approximate surface area is 189 Å². The zero-order valence-electron chi connectivity index (χ0n) is 16.7. The standard InChI is InChI=1S/C22H19Cl2N5O2/c1-12-29(19-17(23)3-2-4-18(19)24)21(30)16-11-26-22(28-20(16)31-12)27-15-6-5-13-7-8-25-10-14(13)9-15/h2-6,9,11-12,25H,7-8,10H2,1H3,(H,26,27,28). The summed E-state index contributed by atoms with van der Waals surface area (Å²) in [5.41, 5.74) is 4.12. The van der Waals surface area contributed by atoms with E-state index in [9.17, 15) is 4.79 Å². The summed E-state index contributed by atoms with van der Waals surface area (Å²) in [7, 11) is 0. The molecular formula is C22H19Cl2N5O2. The smallest absolute Gasteiger partial charge is 0.268 e. The molecule has 0 saturated heterocycles. The first-order valence-corrected chi connectivity index (χ1v) is 10.7. The summed E-state index contributed by atoms with van der Waals surface area (Å²) >= 11 is 12.6. The van der Waals surface area contributed by atoms with Crippen LogP contribution in [-0.2, 0) is 13.0 Å². The van der Waals surface area contributed by atoms with Crippen molar-refractivity contribution >= 4 is 46.4 Å². The van der Waals surface area contributed by atoms with Crippen molar-refractivity contribution in [3.8, 4) is 5.88 Å². The molecule has 0 fully saturated rings. The average Bonchev–Trinajstić information content (AvgIpc) is 2.75. The third-order valence-corrected chi connectivity index (χ3v) is 5.99. The number of halogens is 2. The highest BCUT2D eigenvalue weighted by Crippen LogP contribution is 2.39. The molecule has 7 nitrogen and oxygen atoms in total. The zero-order valence-corrected chi connectivity index (χ0v) is 18.2. The van der Waals surface area contributed by atoms with E-state index in [-0.39, 0.29) is 17.4 Å². The summed E-state index contributed by atoms with van der Waals surface area (Å²) in [4.78, 5) is 23.3. The lowest BCUT2D eigenvalue weighted by Crippen LogP contribution is -2.46. The largest absolute Gasteiger partial charge is 0.453 e. The summed E-state index contributed by atoms with van der Waals surface area (Å²) in [6, 6.07) is 11.3. The van der Waals surface area contributed by atoms with Gasteiger partial charge in [0, 0.05) is 18.4 Å². The number of nitrogens with zero attached hydrogens (tertiary/aromatic N) is 3. The molecule has 1 aromatic heterocycles. The van der Waals surface area contributed by atoms with Gasteiger partial charge in [0.25, 0.3) is 5.91 Å². The van der Waals surface area contributed by atoms with E-state index in [4.69, 9.17) is 27.9 Å². The number of amides is 1. The predicted molar refractivity (Wildman–Crippen MR) is 121 cm³/mol. The number of ether oxygens (including phenoxy) is 1. The summed E-state index contributed by atoms with van der Waals surface area (Å²) in [5, 5.41) is 7.29. The molecule has 0 radical (unpaired) electrons. The van der Waals surface area contributed by atoms with Gasteiger partial charge in [-0.1, -0.05) is 35.3 Å². The first kappa shape index (κ1) is 20.1. The second-order valence-electron chi connectivity index (χ2n) is 7.41. The van der Waals surface area contributed by atoms with E-state index < -0.39 is 6.23 Å². The molecule has 3 aromatic rings. The van der Waals surface area contributed by atoms with Crippen LogP contribution >= 0.6 is 23.2 Å². The Hall–Kier alpha value is -2.87. The van der Waals surface area contributed by atoms with Gasteiger partial charge in [-0.3, -0.25) is 9.69 Å². The monoisotopic (exact) mass is 455 g/mol. The summed E-state index contributed by atoms with van der Waals surface area (Å²) in [6.45, 7) is 3.57. The number of nitrogens with one attached hydrogen (secondary N) is 2. The van der Waals surface area contributed by atoms with Crippen molar-refractivity contribution in [3.05, 3.63) is 69.3 Å². The van der Waals surface area contributed by atoms with Crippen LogP contribution in [-0.4, -0.2) is 28.6 Å². The van der Waals surface area contributed by atoms with Crippen molar-refractivity contribution < 1.29 is 9.53 Å². The highest BCUT2D eigenvalue weighted by Gasteiger charge is 2.36. The minimum atomic E-state index is -0.644. The highest BCUT2D eigenvalue weighted by molar-refractivity contribution is 6.40. The van der Waals surface area contributed by atoms with E-state index in [0.717, 1.165) is 25.2 Å². The van der Waals surface area contributed by atoms with Gasteiger partial charge in [0.1, 0.15) is 5.56 Å². The third-order valence-electron chi connectivity index (χ3n) is 5.38. The molecule has 2 N–H and O–H groups in total. The Bertz CT molecular complexity index is 1170. The van der Waals surface area contributed by atoms with Gasteiger partial charge in [-0.15, -0.1) is 0 Å². The Balaban J connectivity index is 1.43. The molecule has 1 amide bonds. The van der Waals surface area contributed by atoms with E-state index in [0.29, 0.717) is 21.7 Å². The number of hydrogen-bond donors (Lipinski definition) is 2. The molecule has 3 heterocycles. The molecule has 9 heteroatoms. The van der Waals surface area contributed by atoms with Crippen molar-refractivity contribution in [3.63, 3.8) is 0 Å². The van der Waals surface area contributed by atoms with Crippen LogP contribution in [0.1, 0.15) is 28.4 Å². The van der Waals surface area contributed by atoms with E-state index in [1.54, 1.807) is 25.1 Å². The Morgan fingerprint density at radius 2 is 2.00 bits per heavy atom. The second-order valence-corrected chi connectivity index (χ2v) is 8.22. The van der Waals surface area contributed by atoms with Crippen molar-refractivity contribution in [2.45, 2.75) is 26.1 Å². The van der Waals surface area contributed by atoms with Gasteiger partial charge in [-0.2, -0.15) is 4.98 Å². The van der Waals surface area contributed by atoms with Crippen LogP contribution in [0.4, 0.5) is 17.3 Å². The third kappa shape index (κ3) is 3.69. The van der Waals surface area contributed by atoms with Gasteiger partial charge >= 0.3 is 0 Å². The van der Waals surface area contributed by atoms with Gasteiger partial charge in [-0.25, -0.2) is 4.98 Å². The van der Waals surface area contributed by atoms with Crippen LogP contribution < -0.4 is 20.3 Å². The van der Waals surface area contributed by atoms with E-state index in [2.05, 4.69) is 32.7 Å². The van der Waals surface area contributed by atoms with Crippen molar-refractivity contribution in [2.24, 2.45) is 0 Å². The van der Waals surface area contributed by atoms with Gasteiger partial charge in [0.15, 0.2) is 6.23 Å². The molecule has 0 spiro atoms. The fourth-order valence-electron chi connectivity index (χ4n) is 3.86. The fraction of sp³-hybridized carbons (Fsp3) is 0.227. The zero-order chi connectivity index (χ0) is 21.5. The lowest BCUT2D eigenvalue weighted by Gasteiger charge is -2.34. The van der Waals surface area contributed by atoms with Crippen LogP contribution in [0.5, 0.6) is 5.88 Å². The lowest BCUT2D eigenvalue weighted by atomic mass is 10.0. The highest BCUT2D eigenvalue weighted by atomic mass is 35.5. The maximum absolute atomic E-state index is 13.2. The molecule has 0 bridgehead atoms. The molecule has 0 aliphatic carbocycles. The topological polar surface area (TPSA) is 79.4 Å². The number of fused-ring (bicyclic) bond motifs is 2. The number of para-hydroxylation sites is 1. The van der Waals surface area contributed by atoms with Crippen molar-refractivity contribution in [1.82, 2.24) is 15.3 Å². The number of carbonyl (C=O) groups excluding carboxylic acids is 1. The van der Waals surface area contributed by atoms with Crippen molar-refractivity contribution in [1.29, 1.82) is 0 Å². The molecule has 2 aliphatic rings. The molecule has 1 atom stereocenters. The summed E-state index contributed by atoms with van der Waals surface area (Å²) in [6.07, 6.45) is 1.83. The van der Waals surface area contributed by atoms with E-state index in [1.807, 2.05) is 6.07 Å². The SMILES string of the molecule is CC1Oc2nc(Nc3ccc4c(c3)CNCC4)ncc2C(=O)N1c1c(Cl)cccc1Cl. The van der Waals surface area contributed by atoms with E-state index >= 15 is 0 Å². The minimum absolute atomic E-state index is 0.217. The van der Waals surface area contributed by atoms with Gasteiger partial charge in [0.2, 0.25) is 11.8 Å². The molecular weight excluding hydrogens is 437 g/mol. The van der Waals surface area contributed by atoms with Crippen LogP contribution in [0, 0.1) is 0 Å². The number of anilines is 3. The quantitative estimate of drug-likeness (QED) is 0.602. The number of hydrogen-bond acceptors (Lipinski definition) is 6. The Morgan fingerprint density at radius 3 is 2.81 bits per heavy atom. The molecule has 158 valence electrons.